The second kappa shape index (κ2) is 10.3. The number of rotatable bonds is 10. The Balaban J connectivity index is 1.55. The Bertz CT molecular complexity index is 1110. The van der Waals surface area contributed by atoms with Gasteiger partial charge in [0.05, 0.1) is 6.54 Å². The Morgan fingerprint density at radius 2 is 1.75 bits per heavy atom. The van der Waals surface area contributed by atoms with Gasteiger partial charge in [0.15, 0.2) is 5.82 Å². The van der Waals surface area contributed by atoms with Crippen LogP contribution in [0.2, 0.25) is 0 Å². The average Bonchev–Trinajstić information content (AvgIpc) is 3.45. The number of tetrazole rings is 1. The number of nitrogens with one attached hydrogen (secondary N) is 1. The first-order chi connectivity index (χ1) is 15.6. The summed E-state index contributed by atoms with van der Waals surface area (Å²) in [5.41, 5.74) is 4.37. The number of unbranched alkanes of at least 4 members (excludes halogenated alkanes) is 2. The summed E-state index contributed by atoms with van der Waals surface area (Å²) in [6, 6.07) is 16.7. The maximum Gasteiger partial charge on any atom is 0.205 e. The van der Waals surface area contributed by atoms with E-state index in [4.69, 9.17) is 10.1 Å². The standard InChI is InChI=1S/C25H31N7/c1-4-5-6-11-23-26-24(16-18(2)3)32(29-23)17-19-12-14-20(15-13-19)21-9-7-8-10-22(21)25-27-30-31-28-25/h7-10,12-15,18H,4-6,11,16-17H2,1-3H3,(H,27,28,30,31). The minimum atomic E-state index is 0.547. The summed E-state index contributed by atoms with van der Waals surface area (Å²) < 4.78 is 2.09. The quantitative estimate of drug-likeness (QED) is 0.354. The molecule has 0 radical (unpaired) electrons. The summed E-state index contributed by atoms with van der Waals surface area (Å²) in [6.07, 6.45) is 5.48. The molecule has 0 fully saturated rings. The molecular formula is C25H31N7. The fourth-order valence-corrected chi connectivity index (χ4v) is 3.88. The van der Waals surface area contributed by atoms with Gasteiger partial charge in [0, 0.05) is 18.4 Å². The number of aromatic amines is 1. The van der Waals surface area contributed by atoms with Gasteiger partial charge in [0.25, 0.3) is 0 Å². The molecule has 0 atom stereocenters. The van der Waals surface area contributed by atoms with Crippen LogP contribution in [0.25, 0.3) is 22.5 Å². The predicted octanol–water partition coefficient (Wildman–Crippen LogP) is 5.10. The zero-order valence-corrected chi connectivity index (χ0v) is 19.1. The molecule has 1 N–H and O–H groups in total. The summed E-state index contributed by atoms with van der Waals surface area (Å²) in [4.78, 5) is 4.85. The maximum atomic E-state index is 4.85. The van der Waals surface area contributed by atoms with Crippen LogP contribution in [0, 0.1) is 5.92 Å². The van der Waals surface area contributed by atoms with E-state index in [1.165, 1.54) is 18.4 Å². The second-order valence-electron chi connectivity index (χ2n) is 8.63. The van der Waals surface area contributed by atoms with Crippen LogP contribution in [0.15, 0.2) is 48.5 Å². The van der Waals surface area contributed by atoms with Crippen molar-refractivity contribution in [3.8, 4) is 22.5 Å². The molecule has 4 aromatic rings. The van der Waals surface area contributed by atoms with Crippen molar-refractivity contribution in [2.45, 2.75) is 59.4 Å². The number of hydrogen-bond donors (Lipinski definition) is 1. The molecule has 166 valence electrons. The van der Waals surface area contributed by atoms with Gasteiger partial charge in [-0.2, -0.15) is 10.3 Å². The third-order valence-corrected chi connectivity index (χ3v) is 5.50. The van der Waals surface area contributed by atoms with Gasteiger partial charge >= 0.3 is 0 Å². The lowest BCUT2D eigenvalue weighted by atomic mass is 9.98. The maximum absolute atomic E-state index is 4.85. The smallest absolute Gasteiger partial charge is 0.205 e. The predicted molar refractivity (Wildman–Crippen MR) is 126 cm³/mol. The van der Waals surface area contributed by atoms with Gasteiger partial charge in [-0.05, 0) is 34.2 Å². The van der Waals surface area contributed by atoms with E-state index in [9.17, 15) is 0 Å². The van der Waals surface area contributed by atoms with Crippen molar-refractivity contribution < 1.29 is 0 Å². The molecule has 2 aromatic heterocycles. The van der Waals surface area contributed by atoms with Crippen molar-refractivity contribution in [3.63, 3.8) is 0 Å². The van der Waals surface area contributed by atoms with Crippen LogP contribution >= 0.6 is 0 Å². The van der Waals surface area contributed by atoms with Crippen LogP contribution in [-0.2, 0) is 19.4 Å². The summed E-state index contributed by atoms with van der Waals surface area (Å²) >= 11 is 0. The van der Waals surface area contributed by atoms with Crippen LogP contribution in [0.1, 0.15) is 57.2 Å². The van der Waals surface area contributed by atoms with Gasteiger partial charge < -0.3 is 0 Å². The largest absolute Gasteiger partial charge is 0.245 e. The Hall–Kier alpha value is -3.35. The van der Waals surface area contributed by atoms with Crippen LogP contribution in [0.5, 0.6) is 0 Å². The van der Waals surface area contributed by atoms with E-state index in [1.807, 2.05) is 18.2 Å². The average molecular weight is 430 g/mol. The Kier molecular flexibility index (Phi) is 7.04. The van der Waals surface area contributed by atoms with Crippen LogP contribution in [0.4, 0.5) is 0 Å². The molecule has 7 nitrogen and oxygen atoms in total. The first-order valence-corrected chi connectivity index (χ1v) is 11.5. The SMILES string of the molecule is CCCCCc1nc(CC(C)C)n(Cc2ccc(-c3ccccc3-c3nn[nH]n3)cc2)n1. The van der Waals surface area contributed by atoms with E-state index in [0.717, 1.165) is 54.1 Å². The molecular weight excluding hydrogens is 398 g/mol. The molecule has 0 saturated carbocycles. The van der Waals surface area contributed by atoms with Crippen molar-refractivity contribution in [1.82, 2.24) is 35.4 Å². The topological polar surface area (TPSA) is 85.2 Å². The van der Waals surface area contributed by atoms with E-state index < -0.39 is 0 Å². The van der Waals surface area contributed by atoms with Gasteiger partial charge in [-0.3, -0.25) is 0 Å². The molecule has 0 saturated heterocycles. The highest BCUT2D eigenvalue weighted by molar-refractivity contribution is 5.80. The van der Waals surface area contributed by atoms with E-state index in [-0.39, 0.29) is 0 Å². The van der Waals surface area contributed by atoms with Crippen LogP contribution in [0.3, 0.4) is 0 Å². The third-order valence-electron chi connectivity index (χ3n) is 5.50. The van der Waals surface area contributed by atoms with E-state index in [2.05, 4.69) is 76.4 Å². The minimum absolute atomic E-state index is 0.547. The molecule has 0 unspecified atom stereocenters. The first kappa shape index (κ1) is 21.9. The lowest BCUT2D eigenvalue weighted by molar-refractivity contribution is 0.562. The highest BCUT2D eigenvalue weighted by Crippen LogP contribution is 2.29. The molecule has 0 bridgehead atoms. The monoisotopic (exact) mass is 429 g/mol. The molecule has 0 spiro atoms. The minimum Gasteiger partial charge on any atom is -0.245 e. The normalized spacial score (nSPS) is 11.4. The molecule has 0 aliphatic rings. The van der Waals surface area contributed by atoms with Crippen molar-refractivity contribution in [1.29, 1.82) is 0 Å². The molecule has 4 rings (SSSR count). The number of aryl methyl sites for hydroxylation is 1. The van der Waals surface area contributed by atoms with Gasteiger partial charge in [-0.25, -0.2) is 9.67 Å². The Morgan fingerprint density at radius 3 is 2.44 bits per heavy atom. The van der Waals surface area contributed by atoms with Gasteiger partial charge in [-0.1, -0.05) is 82.1 Å². The van der Waals surface area contributed by atoms with Crippen LogP contribution in [-0.4, -0.2) is 35.4 Å². The van der Waals surface area contributed by atoms with E-state index in [0.29, 0.717) is 11.7 Å². The summed E-state index contributed by atoms with van der Waals surface area (Å²) in [7, 11) is 0. The highest BCUT2D eigenvalue weighted by atomic mass is 15.5. The molecule has 32 heavy (non-hydrogen) atoms. The number of H-pyrrole nitrogens is 1. The van der Waals surface area contributed by atoms with Crippen molar-refractivity contribution in [3.05, 3.63) is 65.7 Å². The fraction of sp³-hybridized carbons (Fsp3) is 0.400. The third kappa shape index (κ3) is 5.28. The Morgan fingerprint density at radius 1 is 0.969 bits per heavy atom. The molecule has 2 aromatic carbocycles. The van der Waals surface area contributed by atoms with E-state index in [1.54, 1.807) is 0 Å². The van der Waals surface area contributed by atoms with Crippen LogP contribution < -0.4 is 0 Å². The van der Waals surface area contributed by atoms with Gasteiger partial charge in [-0.15, -0.1) is 10.2 Å². The van der Waals surface area contributed by atoms with Crippen molar-refractivity contribution >= 4 is 0 Å². The van der Waals surface area contributed by atoms with Gasteiger partial charge in [0.2, 0.25) is 5.82 Å². The van der Waals surface area contributed by atoms with Crippen molar-refractivity contribution in [2.24, 2.45) is 5.92 Å². The zero-order valence-electron chi connectivity index (χ0n) is 19.1. The number of hydrogen-bond acceptors (Lipinski definition) is 5. The lowest BCUT2D eigenvalue weighted by Crippen LogP contribution is -2.09. The second-order valence-corrected chi connectivity index (χ2v) is 8.63. The number of benzene rings is 2. The molecule has 0 aliphatic heterocycles. The Labute approximate surface area is 189 Å². The summed E-state index contributed by atoms with van der Waals surface area (Å²) in [5.74, 6) is 3.20. The van der Waals surface area contributed by atoms with Crippen molar-refractivity contribution in [2.75, 3.05) is 0 Å². The number of nitrogens with zero attached hydrogens (tertiary/aromatic N) is 6. The summed E-state index contributed by atoms with van der Waals surface area (Å²) in [6.45, 7) is 7.41. The van der Waals surface area contributed by atoms with E-state index >= 15 is 0 Å². The molecule has 2 heterocycles. The summed E-state index contributed by atoms with van der Waals surface area (Å²) in [5, 5.41) is 19.4. The molecule has 7 heteroatoms. The highest BCUT2D eigenvalue weighted by Gasteiger charge is 2.13. The lowest BCUT2D eigenvalue weighted by Gasteiger charge is -2.10. The molecule has 0 amide bonds. The van der Waals surface area contributed by atoms with Gasteiger partial charge in [0.1, 0.15) is 5.82 Å². The first-order valence-electron chi connectivity index (χ1n) is 11.5. The zero-order chi connectivity index (χ0) is 22.3. The molecule has 0 aliphatic carbocycles. The fourth-order valence-electron chi connectivity index (χ4n) is 3.88. The number of aromatic nitrogens is 7.